The van der Waals surface area contributed by atoms with E-state index in [-0.39, 0.29) is 5.91 Å². The van der Waals surface area contributed by atoms with E-state index < -0.39 is 0 Å². The van der Waals surface area contributed by atoms with Crippen LogP contribution in [0.1, 0.15) is 58.3 Å². The Bertz CT molecular complexity index is 1060. The maximum Gasteiger partial charge on any atom is 0.258 e. The van der Waals surface area contributed by atoms with Crippen molar-refractivity contribution in [2.45, 2.75) is 51.6 Å². The van der Waals surface area contributed by atoms with Crippen molar-refractivity contribution in [3.05, 3.63) is 40.5 Å². The lowest BCUT2D eigenvalue weighted by Crippen LogP contribution is -2.43. The molecule has 8 nitrogen and oxygen atoms in total. The minimum absolute atomic E-state index is 0.246. The Morgan fingerprint density at radius 3 is 3.04 bits per heavy atom. The van der Waals surface area contributed by atoms with Crippen LogP contribution in [0.3, 0.4) is 0 Å². The van der Waals surface area contributed by atoms with Gasteiger partial charge >= 0.3 is 0 Å². The zero-order valence-corrected chi connectivity index (χ0v) is 15.3. The molecule has 1 saturated heterocycles. The number of nitrogens with zero attached hydrogens (tertiary/aromatic N) is 4. The van der Waals surface area contributed by atoms with Crippen LogP contribution in [0.15, 0.2) is 12.3 Å². The zero-order valence-electron chi connectivity index (χ0n) is 15.3. The second-order valence-electron chi connectivity index (χ2n) is 7.46. The summed E-state index contributed by atoms with van der Waals surface area (Å²) in [6.45, 7) is 3.73. The number of amides is 1. The van der Waals surface area contributed by atoms with Crippen molar-refractivity contribution in [1.82, 2.24) is 30.5 Å². The normalized spacial score (nSPS) is 21.1. The van der Waals surface area contributed by atoms with Gasteiger partial charge in [0.05, 0.1) is 16.6 Å². The topological polar surface area (TPSA) is 108 Å². The molecule has 2 atom stereocenters. The monoisotopic (exact) mass is 363 g/mol. The van der Waals surface area contributed by atoms with Crippen molar-refractivity contribution in [3.8, 4) is 0 Å². The molecule has 2 unspecified atom stereocenters. The summed E-state index contributed by atoms with van der Waals surface area (Å²) < 4.78 is 0. The third-order valence-corrected chi connectivity index (χ3v) is 5.50. The van der Waals surface area contributed by atoms with E-state index in [0.717, 1.165) is 40.9 Å². The van der Waals surface area contributed by atoms with Crippen molar-refractivity contribution in [1.29, 1.82) is 0 Å². The van der Waals surface area contributed by atoms with Crippen molar-refractivity contribution < 1.29 is 4.79 Å². The van der Waals surface area contributed by atoms with Gasteiger partial charge < -0.3 is 5.32 Å². The molecule has 5 rings (SSSR count). The molecule has 0 spiro atoms. The fourth-order valence-corrected chi connectivity index (χ4v) is 4.25. The summed E-state index contributed by atoms with van der Waals surface area (Å²) in [6, 6.07) is 2.59. The summed E-state index contributed by atoms with van der Waals surface area (Å²) >= 11 is 0. The molecule has 3 aromatic rings. The van der Waals surface area contributed by atoms with Gasteiger partial charge in [0, 0.05) is 41.7 Å². The number of anilines is 1. The van der Waals surface area contributed by atoms with Crippen molar-refractivity contribution in [2.75, 3.05) is 5.32 Å². The van der Waals surface area contributed by atoms with E-state index in [9.17, 15) is 4.79 Å². The lowest BCUT2D eigenvalue weighted by molar-refractivity contribution is 0.102. The Hall–Kier alpha value is -2.87. The summed E-state index contributed by atoms with van der Waals surface area (Å²) in [5, 5.41) is 14.3. The molecule has 5 heterocycles. The lowest BCUT2D eigenvalue weighted by Gasteiger charge is -2.36. The quantitative estimate of drug-likeness (QED) is 0.645. The van der Waals surface area contributed by atoms with E-state index in [0.29, 0.717) is 29.2 Å². The van der Waals surface area contributed by atoms with Gasteiger partial charge in [0.15, 0.2) is 5.65 Å². The van der Waals surface area contributed by atoms with Gasteiger partial charge in [-0.1, -0.05) is 0 Å². The summed E-state index contributed by atoms with van der Waals surface area (Å²) in [6.07, 6.45) is 6.27. The molecule has 27 heavy (non-hydrogen) atoms. The van der Waals surface area contributed by atoms with Crippen molar-refractivity contribution >= 4 is 22.9 Å². The smallest absolute Gasteiger partial charge is 0.258 e. The lowest BCUT2D eigenvalue weighted by atomic mass is 9.85. The van der Waals surface area contributed by atoms with Crippen molar-refractivity contribution in [3.63, 3.8) is 0 Å². The molecule has 3 N–H and O–H groups in total. The summed E-state index contributed by atoms with van der Waals surface area (Å²) in [4.78, 5) is 26.3. The van der Waals surface area contributed by atoms with Crippen LogP contribution in [-0.4, -0.2) is 37.1 Å². The van der Waals surface area contributed by atoms with E-state index in [1.165, 1.54) is 12.8 Å². The van der Waals surface area contributed by atoms with Crippen LogP contribution >= 0.6 is 0 Å². The Kier molecular flexibility index (Phi) is 3.68. The number of H-pyrrole nitrogens is 1. The predicted molar refractivity (Wildman–Crippen MR) is 101 cm³/mol. The molecule has 0 aromatic carbocycles. The number of aromatic amines is 1. The van der Waals surface area contributed by atoms with E-state index in [1.807, 2.05) is 20.0 Å². The number of carbonyl (C=O) groups excluding carboxylic acids is 1. The highest BCUT2D eigenvalue weighted by molar-refractivity contribution is 6.12. The van der Waals surface area contributed by atoms with E-state index in [1.54, 1.807) is 6.07 Å². The van der Waals surface area contributed by atoms with Gasteiger partial charge in [-0.25, -0.2) is 15.0 Å². The van der Waals surface area contributed by atoms with Gasteiger partial charge in [0.2, 0.25) is 5.95 Å². The molecule has 1 fully saturated rings. The van der Waals surface area contributed by atoms with Crippen LogP contribution in [0, 0.1) is 13.8 Å². The number of pyridine rings is 1. The number of piperidine rings is 1. The summed E-state index contributed by atoms with van der Waals surface area (Å²) in [5.41, 5.74) is 4.84. The number of carbonyl (C=O) groups is 1. The average Bonchev–Trinajstić information content (AvgIpc) is 3.01. The van der Waals surface area contributed by atoms with Gasteiger partial charge in [0.25, 0.3) is 5.91 Å². The molecular weight excluding hydrogens is 342 g/mol. The fourth-order valence-electron chi connectivity index (χ4n) is 4.25. The van der Waals surface area contributed by atoms with Gasteiger partial charge in [-0.15, -0.1) is 0 Å². The third-order valence-electron chi connectivity index (χ3n) is 5.50. The summed E-state index contributed by atoms with van der Waals surface area (Å²) in [7, 11) is 0. The zero-order chi connectivity index (χ0) is 18.5. The highest BCUT2D eigenvalue weighted by atomic mass is 16.1. The number of rotatable bonds is 2. The van der Waals surface area contributed by atoms with Gasteiger partial charge in [-0.3, -0.25) is 15.2 Å². The minimum Gasteiger partial charge on any atom is -0.307 e. The number of hydrogen-bond donors (Lipinski definition) is 3. The predicted octanol–water partition coefficient (Wildman–Crippen LogP) is 2.36. The van der Waals surface area contributed by atoms with E-state index in [4.69, 9.17) is 0 Å². The number of hydrogen-bond acceptors (Lipinski definition) is 6. The average molecular weight is 363 g/mol. The third kappa shape index (κ3) is 2.76. The van der Waals surface area contributed by atoms with Crippen LogP contribution < -0.4 is 10.6 Å². The first kappa shape index (κ1) is 16.3. The molecule has 138 valence electrons. The molecule has 0 radical (unpaired) electrons. The molecule has 2 bridgehead atoms. The number of nitrogens with one attached hydrogen (secondary N) is 3. The largest absolute Gasteiger partial charge is 0.307 e. The van der Waals surface area contributed by atoms with Crippen LogP contribution in [0.5, 0.6) is 0 Å². The minimum atomic E-state index is -0.246. The molecule has 1 amide bonds. The van der Waals surface area contributed by atoms with E-state index >= 15 is 0 Å². The first-order chi connectivity index (χ1) is 13.1. The van der Waals surface area contributed by atoms with Crippen LogP contribution in [0.4, 0.5) is 5.95 Å². The molecule has 2 aliphatic rings. The van der Waals surface area contributed by atoms with E-state index in [2.05, 4.69) is 35.8 Å². The molecule has 0 saturated carbocycles. The first-order valence-electron chi connectivity index (χ1n) is 9.34. The Labute approximate surface area is 156 Å². The Morgan fingerprint density at radius 2 is 2.15 bits per heavy atom. The fraction of sp³-hybridized carbons (Fsp3) is 0.421. The number of aromatic nitrogens is 5. The SMILES string of the molecule is Cc1cc(C(=O)Nc2ncc3c(n2)CC2CCCC3N2)c2c(C)[nH]nc2n1. The van der Waals surface area contributed by atoms with Crippen LogP contribution in [0.2, 0.25) is 0 Å². The highest BCUT2D eigenvalue weighted by Gasteiger charge is 2.31. The van der Waals surface area contributed by atoms with Gasteiger partial charge in [-0.05, 0) is 39.2 Å². The Balaban J connectivity index is 1.47. The highest BCUT2D eigenvalue weighted by Crippen LogP contribution is 2.33. The molecule has 0 aliphatic carbocycles. The van der Waals surface area contributed by atoms with Crippen LogP contribution in [0.25, 0.3) is 11.0 Å². The molecule has 8 heteroatoms. The maximum absolute atomic E-state index is 12.9. The molecular formula is C19H21N7O. The second kappa shape index (κ2) is 6.09. The van der Waals surface area contributed by atoms with Crippen LogP contribution in [-0.2, 0) is 6.42 Å². The molecule has 3 aromatic heterocycles. The number of fused-ring (bicyclic) bond motifs is 5. The van der Waals surface area contributed by atoms with Gasteiger partial charge in [-0.2, -0.15) is 5.10 Å². The second-order valence-corrected chi connectivity index (χ2v) is 7.46. The first-order valence-corrected chi connectivity index (χ1v) is 9.34. The molecule has 2 aliphatic heterocycles. The summed E-state index contributed by atoms with van der Waals surface area (Å²) in [5.74, 6) is 0.103. The van der Waals surface area contributed by atoms with Crippen molar-refractivity contribution in [2.24, 2.45) is 0 Å². The standard InChI is InChI=1S/C19H21N7O/c1-9-6-12(16-10(2)25-26-17(16)21-9)18(27)24-19-20-8-13-14-5-3-4-11(22-14)7-15(13)23-19/h6,8,11,14,22H,3-5,7H2,1-2H3,(H,21,25,26)(H,20,23,24,27). The number of aryl methyl sites for hydroxylation is 2. The van der Waals surface area contributed by atoms with Gasteiger partial charge in [0.1, 0.15) is 0 Å². The Morgan fingerprint density at radius 1 is 1.26 bits per heavy atom. The maximum atomic E-state index is 12.9.